The van der Waals surface area contributed by atoms with Crippen molar-refractivity contribution in [3.05, 3.63) is 11.6 Å². The second kappa shape index (κ2) is 4.31. The first-order chi connectivity index (χ1) is 7.18. The monoisotopic (exact) mass is 208 g/mol. The van der Waals surface area contributed by atoms with Crippen molar-refractivity contribution in [3.8, 4) is 0 Å². The second-order valence-electron chi connectivity index (χ2n) is 4.63. The first kappa shape index (κ1) is 10.6. The highest BCUT2D eigenvalue weighted by Gasteiger charge is 2.27. The summed E-state index contributed by atoms with van der Waals surface area (Å²) in [5, 5.41) is 8.40. The number of aromatic nitrogens is 3. The van der Waals surface area contributed by atoms with Crippen LogP contribution in [0.5, 0.6) is 0 Å². The largest absolute Gasteiger partial charge is 0.328 e. The summed E-state index contributed by atoms with van der Waals surface area (Å²) in [6, 6.07) is 0.980. The minimum atomic E-state index is 0.295. The molecule has 1 atom stereocenters. The van der Waals surface area contributed by atoms with Gasteiger partial charge in [0.25, 0.3) is 0 Å². The first-order valence-electron chi connectivity index (χ1n) is 5.84. The van der Waals surface area contributed by atoms with Crippen LogP contribution in [0.15, 0.2) is 0 Å². The summed E-state index contributed by atoms with van der Waals surface area (Å²) in [6.07, 6.45) is 5.77. The van der Waals surface area contributed by atoms with E-state index in [1.54, 1.807) is 0 Å². The van der Waals surface area contributed by atoms with Crippen molar-refractivity contribution in [3.63, 3.8) is 0 Å². The number of aryl methyl sites for hydroxylation is 2. The lowest BCUT2D eigenvalue weighted by atomic mass is 10.1. The maximum Gasteiger partial charge on any atom is 0.133 e. The Morgan fingerprint density at radius 1 is 1.47 bits per heavy atom. The lowest BCUT2D eigenvalue weighted by Gasteiger charge is -2.07. The van der Waals surface area contributed by atoms with Crippen molar-refractivity contribution in [2.75, 3.05) is 0 Å². The fourth-order valence-corrected chi connectivity index (χ4v) is 1.97. The molecule has 1 fully saturated rings. The number of nitrogens with zero attached hydrogens (tertiary/aromatic N) is 3. The van der Waals surface area contributed by atoms with Crippen molar-refractivity contribution in [1.82, 2.24) is 14.8 Å². The van der Waals surface area contributed by atoms with Crippen molar-refractivity contribution in [2.24, 2.45) is 5.73 Å². The van der Waals surface area contributed by atoms with E-state index >= 15 is 0 Å². The van der Waals surface area contributed by atoms with Gasteiger partial charge in [-0.05, 0) is 39.5 Å². The average Bonchev–Trinajstić information content (AvgIpc) is 2.92. The molecular weight excluding hydrogens is 188 g/mol. The molecule has 2 rings (SSSR count). The van der Waals surface area contributed by atoms with E-state index in [9.17, 15) is 0 Å². The summed E-state index contributed by atoms with van der Waals surface area (Å²) in [6.45, 7) is 4.09. The quantitative estimate of drug-likeness (QED) is 0.799. The van der Waals surface area contributed by atoms with Gasteiger partial charge in [-0.1, -0.05) is 0 Å². The topological polar surface area (TPSA) is 56.7 Å². The third kappa shape index (κ3) is 2.56. The Balaban J connectivity index is 1.95. The fraction of sp³-hybridized carbons (Fsp3) is 0.818. The molecule has 2 N–H and O–H groups in total. The Labute approximate surface area is 90.9 Å². The molecule has 1 aromatic rings. The molecule has 0 radical (unpaired) electrons. The Hall–Kier alpha value is -0.900. The van der Waals surface area contributed by atoms with Gasteiger partial charge in [0.1, 0.15) is 11.6 Å². The van der Waals surface area contributed by atoms with Gasteiger partial charge in [0.15, 0.2) is 0 Å². The highest BCUT2D eigenvalue weighted by atomic mass is 15.3. The Morgan fingerprint density at radius 3 is 2.80 bits per heavy atom. The van der Waals surface area contributed by atoms with E-state index in [1.807, 2.05) is 6.92 Å². The zero-order valence-corrected chi connectivity index (χ0v) is 9.61. The van der Waals surface area contributed by atoms with Crippen LogP contribution in [-0.4, -0.2) is 20.8 Å². The standard InChI is InChI=1S/C11H20N4/c1-8(12)4-3-5-11-14-13-9(2)15(11)10-6-7-10/h8,10H,3-7,12H2,1-2H3. The molecule has 1 heterocycles. The number of hydrogen-bond donors (Lipinski definition) is 1. The molecule has 1 aliphatic carbocycles. The van der Waals surface area contributed by atoms with Crippen molar-refractivity contribution < 1.29 is 0 Å². The molecule has 1 saturated carbocycles. The van der Waals surface area contributed by atoms with Crippen LogP contribution >= 0.6 is 0 Å². The van der Waals surface area contributed by atoms with Crippen molar-refractivity contribution in [2.45, 2.75) is 58.0 Å². The van der Waals surface area contributed by atoms with Crippen LogP contribution in [-0.2, 0) is 6.42 Å². The summed E-state index contributed by atoms with van der Waals surface area (Å²) < 4.78 is 2.31. The van der Waals surface area contributed by atoms with Gasteiger partial charge in [-0.3, -0.25) is 0 Å². The molecule has 4 heteroatoms. The summed E-state index contributed by atoms with van der Waals surface area (Å²) in [4.78, 5) is 0. The minimum absolute atomic E-state index is 0.295. The third-order valence-corrected chi connectivity index (χ3v) is 2.91. The predicted octanol–water partition coefficient (Wildman–Crippen LogP) is 1.59. The van der Waals surface area contributed by atoms with E-state index in [1.165, 1.54) is 12.8 Å². The van der Waals surface area contributed by atoms with Crippen LogP contribution < -0.4 is 5.73 Å². The molecule has 84 valence electrons. The maximum absolute atomic E-state index is 5.73. The minimum Gasteiger partial charge on any atom is -0.328 e. The van der Waals surface area contributed by atoms with Crippen LogP contribution in [0, 0.1) is 6.92 Å². The molecule has 1 unspecified atom stereocenters. The van der Waals surface area contributed by atoms with Gasteiger partial charge in [-0.15, -0.1) is 10.2 Å². The van der Waals surface area contributed by atoms with Gasteiger partial charge in [-0.25, -0.2) is 0 Å². The SMILES string of the molecule is Cc1nnc(CCCC(C)N)n1C1CC1. The van der Waals surface area contributed by atoms with Crippen molar-refractivity contribution in [1.29, 1.82) is 0 Å². The Morgan fingerprint density at radius 2 is 2.20 bits per heavy atom. The molecule has 15 heavy (non-hydrogen) atoms. The first-order valence-corrected chi connectivity index (χ1v) is 5.84. The number of rotatable bonds is 5. The zero-order valence-electron chi connectivity index (χ0n) is 9.61. The Kier molecular flexibility index (Phi) is 3.05. The van der Waals surface area contributed by atoms with Crippen molar-refractivity contribution >= 4 is 0 Å². The molecule has 0 aromatic carbocycles. The van der Waals surface area contributed by atoms with Gasteiger partial charge in [-0.2, -0.15) is 0 Å². The van der Waals surface area contributed by atoms with E-state index in [2.05, 4.69) is 21.7 Å². The van der Waals surface area contributed by atoms with Crippen LogP contribution in [0.1, 0.15) is 50.3 Å². The lowest BCUT2D eigenvalue weighted by molar-refractivity contribution is 0.586. The summed E-state index contributed by atoms with van der Waals surface area (Å²) >= 11 is 0. The molecule has 4 nitrogen and oxygen atoms in total. The van der Waals surface area contributed by atoms with Gasteiger partial charge in [0.2, 0.25) is 0 Å². The second-order valence-corrected chi connectivity index (χ2v) is 4.63. The van der Waals surface area contributed by atoms with Gasteiger partial charge in [0.05, 0.1) is 0 Å². The van der Waals surface area contributed by atoms with E-state index in [4.69, 9.17) is 5.73 Å². The Bertz CT molecular complexity index is 325. The highest BCUT2D eigenvalue weighted by Crippen LogP contribution is 2.36. The molecule has 0 saturated heterocycles. The smallest absolute Gasteiger partial charge is 0.133 e. The molecule has 0 aliphatic heterocycles. The maximum atomic E-state index is 5.73. The van der Waals surface area contributed by atoms with E-state index in [0.29, 0.717) is 12.1 Å². The highest BCUT2D eigenvalue weighted by molar-refractivity contribution is 5.01. The fourth-order valence-electron chi connectivity index (χ4n) is 1.97. The number of hydrogen-bond acceptors (Lipinski definition) is 3. The number of nitrogens with two attached hydrogens (primary N) is 1. The van der Waals surface area contributed by atoms with Crippen LogP contribution in [0.2, 0.25) is 0 Å². The van der Waals surface area contributed by atoms with Crippen LogP contribution in [0.25, 0.3) is 0 Å². The van der Waals surface area contributed by atoms with E-state index < -0.39 is 0 Å². The van der Waals surface area contributed by atoms with Crippen LogP contribution in [0.4, 0.5) is 0 Å². The zero-order chi connectivity index (χ0) is 10.8. The molecule has 0 amide bonds. The molecule has 1 aromatic heterocycles. The summed E-state index contributed by atoms with van der Waals surface area (Å²) in [5.74, 6) is 2.21. The summed E-state index contributed by atoms with van der Waals surface area (Å²) in [7, 11) is 0. The summed E-state index contributed by atoms with van der Waals surface area (Å²) in [5.41, 5.74) is 5.73. The van der Waals surface area contributed by atoms with E-state index in [-0.39, 0.29) is 0 Å². The average molecular weight is 208 g/mol. The third-order valence-electron chi connectivity index (χ3n) is 2.91. The van der Waals surface area contributed by atoms with E-state index in [0.717, 1.165) is 30.9 Å². The van der Waals surface area contributed by atoms with Gasteiger partial charge in [0, 0.05) is 18.5 Å². The molecular formula is C11H20N4. The van der Waals surface area contributed by atoms with Crippen LogP contribution in [0.3, 0.4) is 0 Å². The predicted molar refractivity (Wildman–Crippen MR) is 59.6 cm³/mol. The molecule has 0 spiro atoms. The van der Waals surface area contributed by atoms with Gasteiger partial charge >= 0.3 is 0 Å². The normalized spacial score (nSPS) is 18.1. The molecule has 1 aliphatic rings. The van der Waals surface area contributed by atoms with Gasteiger partial charge < -0.3 is 10.3 Å². The molecule has 0 bridgehead atoms. The lowest BCUT2D eigenvalue weighted by Crippen LogP contribution is -2.15.